The zero-order chi connectivity index (χ0) is 28.9. The number of nitrogens with zero attached hydrogens (tertiary/aromatic N) is 3. The maximum absolute atomic E-state index is 13.3. The molecule has 8 nitrogen and oxygen atoms in total. The summed E-state index contributed by atoms with van der Waals surface area (Å²) < 4.78 is 0.753. The first-order valence-corrected chi connectivity index (χ1v) is 15.8. The number of carbonyl (C=O) groups is 2. The number of hydrogen-bond acceptors (Lipinski definition) is 6. The summed E-state index contributed by atoms with van der Waals surface area (Å²) in [6, 6.07) is 0.0692. The number of allylic oxidation sites excluding steroid dienone is 1. The van der Waals surface area contributed by atoms with E-state index in [1.54, 1.807) is 4.90 Å². The number of fused-ring (bicyclic) bond motifs is 5. The van der Waals surface area contributed by atoms with Crippen molar-refractivity contribution in [1.29, 1.82) is 0 Å². The molecular weight excluding hydrogens is 504 g/mol. The van der Waals surface area contributed by atoms with E-state index in [1.807, 2.05) is 6.08 Å². The number of likely N-dealkylation sites (N-methyl/N-ethyl adjacent to an activating group) is 1. The lowest BCUT2D eigenvalue weighted by Crippen LogP contribution is -2.51. The van der Waals surface area contributed by atoms with Gasteiger partial charge in [0.05, 0.1) is 46.0 Å². The molecule has 3 saturated carbocycles. The van der Waals surface area contributed by atoms with Gasteiger partial charge in [-0.3, -0.25) is 14.5 Å². The molecular formula is C32H53N4O4+. The number of ketones is 1. The number of nitrogens with one attached hydrogen (secondary N) is 1. The van der Waals surface area contributed by atoms with Crippen LogP contribution < -0.4 is 5.32 Å². The standard InChI is InChI=1S/C32H53N4O4/c1-21(34-40-30(39)35(15-16-36(4,5)6)20-23-18-25(38)19-33-23)27-9-10-28-26-8-7-22-17-24(37)11-13-31(22,2)29(26)12-14-32(27,28)3/h17,23,25-29,33,38H,7-16,18-20H2,1-6H3/q+1/b34-21+/t23?,25?,26-,27+,28-,29-,31-,32+/m0/s1. The van der Waals surface area contributed by atoms with Crippen LogP contribution in [0.1, 0.15) is 78.6 Å². The Labute approximate surface area is 241 Å². The van der Waals surface area contributed by atoms with Crippen molar-refractivity contribution in [2.75, 3.05) is 47.3 Å². The van der Waals surface area contributed by atoms with Crippen LogP contribution in [0.15, 0.2) is 16.8 Å². The third-order valence-electron chi connectivity index (χ3n) is 11.7. The Bertz CT molecular complexity index is 1050. The minimum absolute atomic E-state index is 0.0692. The molecule has 0 aromatic rings. The Morgan fingerprint density at radius 1 is 1.15 bits per heavy atom. The van der Waals surface area contributed by atoms with E-state index in [0.29, 0.717) is 61.9 Å². The summed E-state index contributed by atoms with van der Waals surface area (Å²) in [5.41, 5.74) is 2.74. The maximum Gasteiger partial charge on any atom is 0.436 e. The quantitative estimate of drug-likeness (QED) is 0.210. The second kappa shape index (κ2) is 11.1. The summed E-state index contributed by atoms with van der Waals surface area (Å²) >= 11 is 0. The van der Waals surface area contributed by atoms with Crippen molar-refractivity contribution >= 4 is 17.6 Å². The number of β-amino-alcohol motifs (C(OH)–C–C–N with tert-alkyl or cyclic N) is 1. The van der Waals surface area contributed by atoms with Crippen LogP contribution in [0, 0.1) is 34.5 Å². The Morgan fingerprint density at radius 3 is 2.62 bits per heavy atom. The summed E-state index contributed by atoms with van der Waals surface area (Å²) in [5, 5.41) is 17.8. The van der Waals surface area contributed by atoms with E-state index in [9.17, 15) is 14.7 Å². The highest BCUT2D eigenvalue weighted by Crippen LogP contribution is 2.66. The van der Waals surface area contributed by atoms with Crippen LogP contribution in [0.5, 0.6) is 0 Å². The zero-order valence-electron chi connectivity index (χ0n) is 25.7. The predicted molar refractivity (Wildman–Crippen MR) is 157 cm³/mol. The van der Waals surface area contributed by atoms with E-state index in [0.717, 1.165) is 36.0 Å². The smallest absolute Gasteiger partial charge is 0.392 e. The molecule has 1 heterocycles. The monoisotopic (exact) mass is 557 g/mol. The molecule has 4 aliphatic carbocycles. The van der Waals surface area contributed by atoms with Crippen LogP contribution in [-0.2, 0) is 9.63 Å². The molecule has 40 heavy (non-hydrogen) atoms. The van der Waals surface area contributed by atoms with Crippen LogP contribution >= 0.6 is 0 Å². The highest BCUT2D eigenvalue weighted by molar-refractivity contribution is 5.91. The van der Waals surface area contributed by atoms with Crippen molar-refractivity contribution in [3.63, 3.8) is 0 Å². The number of rotatable bonds is 7. The van der Waals surface area contributed by atoms with E-state index < -0.39 is 6.09 Å². The molecule has 0 aromatic heterocycles. The molecule has 5 rings (SSSR count). The molecule has 0 radical (unpaired) electrons. The average molecular weight is 558 g/mol. The van der Waals surface area contributed by atoms with E-state index in [4.69, 9.17) is 4.84 Å². The van der Waals surface area contributed by atoms with E-state index in [1.165, 1.54) is 31.3 Å². The molecule has 5 aliphatic rings. The number of carbonyl (C=O) groups excluding carboxylic acids is 2. The fraction of sp³-hybridized carbons (Fsp3) is 0.844. The third-order valence-corrected chi connectivity index (χ3v) is 11.7. The van der Waals surface area contributed by atoms with Gasteiger partial charge in [-0.15, -0.1) is 0 Å². The van der Waals surface area contributed by atoms with Crippen LogP contribution in [0.4, 0.5) is 4.79 Å². The minimum Gasteiger partial charge on any atom is -0.392 e. The molecule has 8 heteroatoms. The molecule has 2 N–H and O–H groups in total. The van der Waals surface area contributed by atoms with Gasteiger partial charge in [-0.2, -0.15) is 0 Å². The molecule has 224 valence electrons. The molecule has 0 aromatic carbocycles. The lowest BCUT2D eigenvalue weighted by Gasteiger charge is -2.58. The number of amides is 1. The van der Waals surface area contributed by atoms with Crippen molar-refractivity contribution in [1.82, 2.24) is 10.2 Å². The van der Waals surface area contributed by atoms with Crippen molar-refractivity contribution in [3.8, 4) is 0 Å². The van der Waals surface area contributed by atoms with Gasteiger partial charge in [0, 0.05) is 31.5 Å². The van der Waals surface area contributed by atoms with E-state index in [-0.39, 0.29) is 23.0 Å². The largest absolute Gasteiger partial charge is 0.436 e. The summed E-state index contributed by atoms with van der Waals surface area (Å²) in [5.74, 6) is 2.69. The van der Waals surface area contributed by atoms with Gasteiger partial charge in [-0.25, -0.2) is 4.79 Å². The molecule has 1 saturated heterocycles. The van der Waals surface area contributed by atoms with Gasteiger partial charge < -0.3 is 14.9 Å². The SMILES string of the molecule is C/C(=N\OC(=O)N(CC[N+](C)(C)C)CC1CC(O)CN1)[C@H]1CC[C@H]2[C@@H]3CCC4=CC(=O)CC[C@]4(C)[C@H]3CC[C@]12C. The fourth-order valence-corrected chi connectivity index (χ4v) is 9.36. The fourth-order valence-electron chi connectivity index (χ4n) is 9.36. The molecule has 8 atom stereocenters. The van der Waals surface area contributed by atoms with Gasteiger partial charge in [-0.05, 0) is 93.0 Å². The molecule has 4 fully saturated rings. The van der Waals surface area contributed by atoms with Crippen molar-refractivity contribution in [3.05, 3.63) is 11.6 Å². The van der Waals surface area contributed by atoms with Gasteiger partial charge in [0.25, 0.3) is 0 Å². The number of oxime groups is 1. The average Bonchev–Trinajstić information content (AvgIpc) is 3.46. The Morgan fingerprint density at radius 2 is 1.93 bits per heavy atom. The topological polar surface area (TPSA) is 91.2 Å². The molecule has 2 unspecified atom stereocenters. The number of aliphatic hydroxyl groups excluding tert-OH is 1. The van der Waals surface area contributed by atoms with Gasteiger partial charge >= 0.3 is 6.09 Å². The molecule has 1 amide bonds. The second-order valence-electron chi connectivity index (χ2n) is 15.2. The molecule has 0 spiro atoms. The van der Waals surface area contributed by atoms with Crippen molar-refractivity contribution in [2.45, 2.75) is 90.7 Å². The second-order valence-corrected chi connectivity index (χ2v) is 15.2. The summed E-state index contributed by atoms with van der Waals surface area (Å²) in [6.07, 6.45) is 10.6. The Kier molecular flexibility index (Phi) is 8.28. The highest BCUT2D eigenvalue weighted by atomic mass is 16.7. The number of hydrogen-bond donors (Lipinski definition) is 2. The first-order chi connectivity index (χ1) is 18.8. The molecule has 0 bridgehead atoms. The van der Waals surface area contributed by atoms with Gasteiger partial charge in [0.1, 0.15) is 0 Å². The lowest BCUT2D eigenvalue weighted by atomic mass is 9.46. The number of quaternary nitrogens is 1. The normalized spacial score (nSPS) is 39.7. The van der Waals surface area contributed by atoms with Gasteiger partial charge in [-0.1, -0.05) is 24.6 Å². The first kappa shape index (κ1) is 29.7. The van der Waals surface area contributed by atoms with E-state index >= 15 is 0 Å². The first-order valence-electron chi connectivity index (χ1n) is 15.8. The Hall–Kier alpha value is -1.77. The molecule has 1 aliphatic heterocycles. The van der Waals surface area contributed by atoms with Gasteiger partial charge in [0.2, 0.25) is 0 Å². The van der Waals surface area contributed by atoms with Crippen LogP contribution in [0.2, 0.25) is 0 Å². The minimum atomic E-state index is -0.397. The maximum atomic E-state index is 13.3. The lowest BCUT2D eigenvalue weighted by molar-refractivity contribution is -0.869. The predicted octanol–water partition coefficient (Wildman–Crippen LogP) is 4.38. The van der Waals surface area contributed by atoms with Gasteiger partial charge in [0.15, 0.2) is 5.78 Å². The van der Waals surface area contributed by atoms with E-state index in [2.05, 4.69) is 52.4 Å². The Balaban J connectivity index is 1.25. The number of aliphatic hydroxyl groups is 1. The highest BCUT2D eigenvalue weighted by Gasteiger charge is 2.59. The van der Waals surface area contributed by atoms with Crippen LogP contribution in [0.3, 0.4) is 0 Å². The third kappa shape index (κ3) is 5.78. The van der Waals surface area contributed by atoms with Crippen LogP contribution in [0.25, 0.3) is 0 Å². The summed E-state index contributed by atoms with van der Waals surface area (Å²) in [4.78, 5) is 32.8. The van der Waals surface area contributed by atoms with Crippen molar-refractivity contribution < 1.29 is 24.0 Å². The van der Waals surface area contributed by atoms with Crippen LogP contribution in [-0.4, -0.2) is 91.5 Å². The summed E-state index contributed by atoms with van der Waals surface area (Å²) in [7, 11) is 6.35. The zero-order valence-corrected chi connectivity index (χ0v) is 25.7. The summed E-state index contributed by atoms with van der Waals surface area (Å²) in [6.45, 7) is 9.43. The van der Waals surface area contributed by atoms with Crippen molar-refractivity contribution in [2.24, 2.45) is 39.7 Å².